The molecule has 2 fully saturated rings. The number of hydrogen-bond acceptors (Lipinski definition) is 4. The minimum atomic E-state index is -3.44. The van der Waals surface area contributed by atoms with Crippen molar-refractivity contribution in [1.29, 1.82) is 0 Å². The zero-order valence-electron chi connectivity index (χ0n) is 13.7. The van der Waals surface area contributed by atoms with E-state index in [1.165, 1.54) is 0 Å². The number of carbonyl (C=O) groups excluding carboxylic acids is 1. The lowest BCUT2D eigenvalue weighted by Gasteiger charge is -2.32. The molecule has 0 unspecified atom stereocenters. The van der Waals surface area contributed by atoms with E-state index in [1.54, 1.807) is 4.90 Å². The van der Waals surface area contributed by atoms with Gasteiger partial charge in [-0.3, -0.25) is 0 Å². The largest absolute Gasteiger partial charge is 0.374 e. The molecule has 0 saturated carbocycles. The van der Waals surface area contributed by atoms with Gasteiger partial charge in [-0.25, -0.2) is 18.4 Å². The molecule has 7 nitrogen and oxygen atoms in total. The minimum Gasteiger partial charge on any atom is -0.374 e. The molecule has 2 saturated heterocycles. The maximum atomic E-state index is 12.2. The molecule has 8 heteroatoms. The van der Waals surface area contributed by atoms with E-state index in [1.807, 2.05) is 6.92 Å². The van der Waals surface area contributed by atoms with E-state index in [9.17, 15) is 13.2 Å². The van der Waals surface area contributed by atoms with Crippen LogP contribution in [0.4, 0.5) is 4.79 Å². The maximum Gasteiger partial charge on any atom is 0.317 e. The van der Waals surface area contributed by atoms with Gasteiger partial charge in [0.05, 0.1) is 11.9 Å². The molecule has 132 valence electrons. The van der Waals surface area contributed by atoms with Crippen molar-refractivity contribution in [3.8, 4) is 0 Å². The molecule has 0 spiro atoms. The van der Waals surface area contributed by atoms with Gasteiger partial charge in [0.25, 0.3) is 0 Å². The molecule has 2 rings (SSSR count). The van der Waals surface area contributed by atoms with Gasteiger partial charge in [-0.1, -0.05) is 12.2 Å². The Morgan fingerprint density at radius 1 is 1.35 bits per heavy atom. The Morgan fingerprint density at radius 3 is 2.57 bits per heavy atom. The summed E-state index contributed by atoms with van der Waals surface area (Å²) in [6.07, 6.45) is 2.29. The Morgan fingerprint density at radius 2 is 2.00 bits per heavy atom. The Hall–Kier alpha value is -1.12. The number of rotatable bonds is 5. The van der Waals surface area contributed by atoms with Crippen molar-refractivity contribution in [1.82, 2.24) is 10.2 Å². The van der Waals surface area contributed by atoms with Crippen LogP contribution in [0.5, 0.6) is 0 Å². The molecule has 2 heterocycles. The molecule has 0 aromatic rings. The second kappa shape index (κ2) is 7.63. The monoisotopic (exact) mass is 345 g/mol. The predicted octanol–water partition coefficient (Wildman–Crippen LogP) is 0.678. The van der Waals surface area contributed by atoms with Crippen LogP contribution >= 0.6 is 0 Å². The summed E-state index contributed by atoms with van der Waals surface area (Å²) in [4.78, 5) is 14.0. The van der Waals surface area contributed by atoms with Crippen molar-refractivity contribution in [2.24, 2.45) is 17.0 Å². The second-order valence-electron chi connectivity index (χ2n) is 6.63. The SMILES string of the molecule is C=C(C)[C@H]1OCC[C@@H]1CNC(=O)N1CCC(CS(N)(=O)=O)CC1. The zero-order chi connectivity index (χ0) is 17.0. The van der Waals surface area contributed by atoms with Crippen molar-refractivity contribution in [3.05, 3.63) is 12.2 Å². The lowest BCUT2D eigenvalue weighted by atomic mass is 9.97. The number of primary sulfonamides is 1. The Kier molecular flexibility index (Phi) is 6.05. The molecule has 3 N–H and O–H groups in total. The van der Waals surface area contributed by atoms with Crippen LogP contribution in [0.2, 0.25) is 0 Å². The van der Waals surface area contributed by atoms with Crippen LogP contribution in [-0.2, 0) is 14.8 Å². The first-order valence-electron chi connectivity index (χ1n) is 8.06. The Labute approximate surface area is 138 Å². The summed E-state index contributed by atoms with van der Waals surface area (Å²) >= 11 is 0. The molecule has 0 aromatic heterocycles. The van der Waals surface area contributed by atoms with Crippen LogP contribution in [0, 0.1) is 11.8 Å². The van der Waals surface area contributed by atoms with Gasteiger partial charge in [-0.05, 0) is 32.1 Å². The number of likely N-dealkylation sites (tertiary alicyclic amines) is 1. The van der Waals surface area contributed by atoms with Gasteiger partial charge in [-0.15, -0.1) is 0 Å². The molecule has 0 aliphatic carbocycles. The summed E-state index contributed by atoms with van der Waals surface area (Å²) in [5, 5.41) is 8.04. The fraction of sp³-hybridized carbons (Fsp3) is 0.800. The summed E-state index contributed by atoms with van der Waals surface area (Å²) in [7, 11) is -3.44. The van der Waals surface area contributed by atoms with E-state index in [0.717, 1.165) is 12.0 Å². The highest BCUT2D eigenvalue weighted by molar-refractivity contribution is 7.89. The van der Waals surface area contributed by atoms with Gasteiger partial charge in [0.15, 0.2) is 0 Å². The molecule has 0 bridgehead atoms. The first-order valence-corrected chi connectivity index (χ1v) is 9.78. The number of hydrogen-bond donors (Lipinski definition) is 2. The molecule has 2 amide bonds. The summed E-state index contributed by atoms with van der Waals surface area (Å²) < 4.78 is 27.9. The van der Waals surface area contributed by atoms with Crippen LogP contribution in [0.15, 0.2) is 12.2 Å². The quantitative estimate of drug-likeness (QED) is 0.715. The fourth-order valence-electron chi connectivity index (χ4n) is 3.35. The zero-order valence-corrected chi connectivity index (χ0v) is 14.5. The summed E-state index contributed by atoms with van der Waals surface area (Å²) in [6, 6.07) is -0.0913. The third kappa shape index (κ3) is 5.47. The number of nitrogens with zero attached hydrogens (tertiary/aromatic N) is 1. The lowest BCUT2D eigenvalue weighted by molar-refractivity contribution is 0.118. The third-order valence-corrected chi connectivity index (χ3v) is 5.52. The van der Waals surface area contributed by atoms with Gasteiger partial charge in [0, 0.05) is 32.2 Å². The van der Waals surface area contributed by atoms with Gasteiger partial charge >= 0.3 is 6.03 Å². The first kappa shape index (κ1) is 18.2. The number of carbonyl (C=O) groups is 1. The molecule has 2 aliphatic rings. The highest BCUT2D eigenvalue weighted by Crippen LogP contribution is 2.25. The van der Waals surface area contributed by atoms with Gasteiger partial charge < -0.3 is 15.0 Å². The van der Waals surface area contributed by atoms with Crippen molar-refractivity contribution in [2.75, 3.05) is 32.0 Å². The number of nitrogens with one attached hydrogen (secondary N) is 1. The van der Waals surface area contributed by atoms with Crippen LogP contribution < -0.4 is 10.5 Å². The van der Waals surface area contributed by atoms with Crippen molar-refractivity contribution in [2.45, 2.75) is 32.3 Å². The summed E-state index contributed by atoms with van der Waals surface area (Å²) in [5.41, 5.74) is 0.991. The number of ether oxygens (including phenoxy) is 1. The van der Waals surface area contributed by atoms with Gasteiger partial charge in [-0.2, -0.15) is 0 Å². The van der Waals surface area contributed by atoms with Crippen molar-refractivity contribution >= 4 is 16.1 Å². The van der Waals surface area contributed by atoms with Crippen LogP contribution in [0.3, 0.4) is 0 Å². The normalized spacial score (nSPS) is 26.3. The van der Waals surface area contributed by atoms with Gasteiger partial charge in [0.2, 0.25) is 10.0 Å². The average molecular weight is 345 g/mol. The molecule has 2 atom stereocenters. The van der Waals surface area contributed by atoms with E-state index in [4.69, 9.17) is 9.88 Å². The smallest absolute Gasteiger partial charge is 0.317 e. The van der Waals surface area contributed by atoms with Crippen LogP contribution in [0.1, 0.15) is 26.2 Å². The third-order valence-electron chi connectivity index (χ3n) is 4.59. The number of urea groups is 1. The van der Waals surface area contributed by atoms with Crippen LogP contribution in [0.25, 0.3) is 0 Å². The number of nitrogens with two attached hydrogens (primary N) is 1. The Balaban J connectivity index is 1.74. The average Bonchev–Trinajstić information content (AvgIpc) is 2.92. The molecule has 0 aromatic carbocycles. The molecular weight excluding hydrogens is 318 g/mol. The van der Waals surface area contributed by atoms with Crippen molar-refractivity contribution < 1.29 is 17.9 Å². The predicted molar refractivity (Wildman–Crippen MR) is 88.3 cm³/mol. The summed E-state index contributed by atoms with van der Waals surface area (Å²) in [5.74, 6) is 0.323. The number of sulfonamides is 1. The summed E-state index contributed by atoms with van der Waals surface area (Å²) in [6.45, 7) is 8.30. The molecule has 2 aliphatic heterocycles. The highest BCUT2D eigenvalue weighted by atomic mass is 32.2. The molecule has 23 heavy (non-hydrogen) atoms. The number of piperidine rings is 1. The first-order chi connectivity index (χ1) is 10.8. The maximum absolute atomic E-state index is 12.2. The van der Waals surface area contributed by atoms with Gasteiger partial charge in [0.1, 0.15) is 0 Å². The van der Waals surface area contributed by atoms with Crippen molar-refractivity contribution in [3.63, 3.8) is 0 Å². The highest BCUT2D eigenvalue weighted by Gasteiger charge is 2.30. The number of amides is 2. The lowest BCUT2D eigenvalue weighted by Crippen LogP contribution is -2.47. The van der Waals surface area contributed by atoms with E-state index >= 15 is 0 Å². The fourth-order valence-corrected chi connectivity index (χ4v) is 4.34. The molecule has 0 radical (unpaired) electrons. The Bertz CT molecular complexity index is 541. The molecular formula is C15H27N3O4S. The topological polar surface area (TPSA) is 102 Å². The van der Waals surface area contributed by atoms with E-state index in [0.29, 0.717) is 39.1 Å². The van der Waals surface area contributed by atoms with E-state index in [2.05, 4.69) is 11.9 Å². The minimum absolute atomic E-state index is 0.00215. The standard InChI is InChI=1S/C15H27N3O4S/c1-11(2)14-13(5-8-22-14)9-17-15(19)18-6-3-12(4-7-18)10-23(16,20)21/h12-14H,1,3-10H2,2H3,(H,17,19)(H2,16,20,21)/t13-,14-/m1/s1. The van der Waals surface area contributed by atoms with Crippen LogP contribution in [-0.4, -0.2) is 57.4 Å². The van der Waals surface area contributed by atoms with E-state index in [-0.39, 0.29) is 29.7 Å². The van der Waals surface area contributed by atoms with E-state index < -0.39 is 10.0 Å². The second-order valence-corrected chi connectivity index (χ2v) is 8.29.